The molecule has 0 bridgehead atoms. The molecule has 7 nitrogen and oxygen atoms in total. The third-order valence-electron chi connectivity index (χ3n) is 5.29. The Kier molecular flexibility index (Phi) is 8.29. The van der Waals surface area contributed by atoms with Crippen molar-refractivity contribution in [3.05, 3.63) is 52.4 Å². The number of carbonyl (C=O) groups excluding carboxylic acids is 1. The second-order valence-corrected chi connectivity index (χ2v) is 7.47. The van der Waals surface area contributed by atoms with Gasteiger partial charge < -0.3 is 24.1 Å². The third-order valence-corrected chi connectivity index (χ3v) is 5.29. The van der Waals surface area contributed by atoms with Crippen LogP contribution in [0.15, 0.2) is 29.8 Å². The van der Waals surface area contributed by atoms with Gasteiger partial charge in [0.25, 0.3) is 5.91 Å². The molecule has 2 unspecified atom stereocenters. The maximum Gasteiger partial charge on any atom is 0.262 e. The number of hydrogen-bond acceptors (Lipinski definition) is 5. The molecule has 1 aromatic heterocycles. The summed E-state index contributed by atoms with van der Waals surface area (Å²) < 4.78 is 18.1. The molecule has 2 rings (SSSR count). The van der Waals surface area contributed by atoms with E-state index < -0.39 is 5.91 Å². The number of ether oxygens (including phenoxy) is 3. The number of rotatable bonds is 9. The summed E-state index contributed by atoms with van der Waals surface area (Å²) in [6, 6.07) is 9.15. The van der Waals surface area contributed by atoms with Crippen LogP contribution in [0.5, 0.6) is 11.5 Å². The van der Waals surface area contributed by atoms with Gasteiger partial charge in [-0.1, -0.05) is 0 Å². The molecule has 2 aromatic rings. The summed E-state index contributed by atoms with van der Waals surface area (Å²) in [4.78, 5) is 12.9. The zero-order chi connectivity index (χ0) is 23.1. The molecule has 31 heavy (non-hydrogen) atoms. The first-order chi connectivity index (χ1) is 14.8. The minimum absolute atomic E-state index is 0.0355. The van der Waals surface area contributed by atoms with Crippen LogP contribution in [0.4, 0.5) is 0 Å². The lowest BCUT2D eigenvalue weighted by atomic mass is 10.1. The quantitative estimate of drug-likeness (QED) is 0.483. The van der Waals surface area contributed by atoms with Crippen molar-refractivity contribution in [2.45, 2.75) is 39.8 Å². The van der Waals surface area contributed by atoms with Gasteiger partial charge >= 0.3 is 0 Å². The van der Waals surface area contributed by atoms with E-state index in [9.17, 15) is 10.1 Å². The van der Waals surface area contributed by atoms with Gasteiger partial charge in [-0.05, 0) is 63.6 Å². The molecule has 1 aromatic carbocycles. The summed E-state index contributed by atoms with van der Waals surface area (Å²) in [5.41, 5.74) is 3.65. The molecule has 166 valence electrons. The summed E-state index contributed by atoms with van der Waals surface area (Å²) in [6.45, 7) is 8.45. The molecular formula is C24H31N3O4. The number of benzene rings is 1. The average Bonchev–Trinajstić information content (AvgIpc) is 3.04. The minimum atomic E-state index is -0.449. The predicted octanol–water partition coefficient (Wildman–Crippen LogP) is 4.11. The maximum absolute atomic E-state index is 12.9. The van der Waals surface area contributed by atoms with E-state index in [1.54, 1.807) is 39.5 Å². The lowest BCUT2D eigenvalue weighted by Crippen LogP contribution is -2.28. The molecule has 1 heterocycles. The molecule has 0 fully saturated rings. The smallest absolute Gasteiger partial charge is 0.262 e. The van der Waals surface area contributed by atoms with E-state index in [4.69, 9.17) is 14.2 Å². The van der Waals surface area contributed by atoms with Crippen LogP contribution in [0.1, 0.15) is 48.4 Å². The first-order valence-corrected chi connectivity index (χ1v) is 10.1. The number of methoxy groups -OCH3 is 3. The van der Waals surface area contributed by atoms with Gasteiger partial charge in [-0.25, -0.2) is 0 Å². The zero-order valence-electron chi connectivity index (χ0n) is 19.3. The Morgan fingerprint density at radius 3 is 2.48 bits per heavy atom. The van der Waals surface area contributed by atoms with Crippen LogP contribution in [0, 0.1) is 25.2 Å². The fourth-order valence-electron chi connectivity index (χ4n) is 3.78. The van der Waals surface area contributed by atoms with Gasteiger partial charge in [0.1, 0.15) is 23.1 Å². The van der Waals surface area contributed by atoms with E-state index >= 15 is 0 Å². The van der Waals surface area contributed by atoms with Crippen LogP contribution < -0.4 is 14.8 Å². The first-order valence-electron chi connectivity index (χ1n) is 10.1. The van der Waals surface area contributed by atoms with Crippen molar-refractivity contribution in [3.8, 4) is 17.6 Å². The van der Waals surface area contributed by atoms with Crippen molar-refractivity contribution in [2.75, 3.05) is 27.9 Å². The van der Waals surface area contributed by atoms with Crippen molar-refractivity contribution >= 4 is 12.0 Å². The standard InChI is InChI=1S/C24H31N3O4/c1-15-10-19(18(4)27(15)16(2)14-29-5)11-20(13-25)24(28)26-17(3)22-12-21(30-6)8-9-23(22)31-7/h8-12,16-17H,14H2,1-7H3,(H,26,28)/b20-11-. The van der Waals surface area contributed by atoms with Crippen molar-refractivity contribution in [1.29, 1.82) is 5.26 Å². The molecule has 0 aliphatic carbocycles. The summed E-state index contributed by atoms with van der Waals surface area (Å²) in [6.07, 6.45) is 1.63. The van der Waals surface area contributed by atoms with Crippen LogP contribution in [-0.4, -0.2) is 38.4 Å². The van der Waals surface area contributed by atoms with Crippen LogP contribution in [0.25, 0.3) is 6.08 Å². The highest BCUT2D eigenvalue weighted by atomic mass is 16.5. The van der Waals surface area contributed by atoms with Crippen molar-refractivity contribution in [2.24, 2.45) is 0 Å². The molecular weight excluding hydrogens is 394 g/mol. The highest BCUT2D eigenvalue weighted by molar-refractivity contribution is 6.02. The van der Waals surface area contributed by atoms with Crippen LogP contribution in [0.2, 0.25) is 0 Å². The molecule has 0 aliphatic heterocycles. The van der Waals surface area contributed by atoms with Gasteiger partial charge in [0.2, 0.25) is 0 Å². The Hall–Kier alpha value is -3.24. The summed E-state index contributed by atoms with van der Waals surface area (Å²) in [5, 5.41) is 12.5. The Bertz CT molecular complexity index is 1000. The Morgan fingerprint density at radius 1 is 1.19 bits per heavy atom. The Morgan fingerprint density at radius 2 is 1.90 bits per heavy atom. The van der Waals surface area contributed by atoms with E-state index in [0.717, 1.165) is 22.5 Å². The molecule has 0 saturated heterocycles. The van der Waals surface area contributed by atoms with Gasteiger partial charge in [0, 0.05) is 24.1 Å². The molecule has 2 atom stereocenters. The molecule has 1 N–H and O–H groups in total. The van der Waals surface area contributed by atoms with Crippen LogP contribution in [-0.2, 0) is 9.53 Å². The number of hydrogen-bond donors (Lipinski definition) is 1. The zero-order valence-corrected chi connectivity index (χ0v) is 19.3. The van der Waals surface area contributed by atoms with Gasteiger partial charge in [-0.3, -0.25) is 4.79 Å². The number of nitriles is 1. The SMILES string of the molecule is COCC(C)n1c(C)cc(/C=C(/C#N)C(=O)NC(C)c2cc(OC)ccc2OC)c1C. The Balaban J connectivity index is 2.30. The highest BCUT2D eigenvalue weighted by Gasteiger charge is 2.19. The van der Waals surface area contributed by atoms with Crippen LogP contribution in [0.3, 0.4) is 0 Å². The van der Waals surface area contributed by atoms with Gasteiger partial charge in [-0.2, -0.15) is 5.26 Å². The second-order valence-electron chi connectivity index (χ2n) is 7.47. The summed E-state index contributed by atoms with van der Waals surface area (Å²) in [7, 11) is 4.82. The van der Waals surface area contributed by atoms with E-state index in [1.165, 1.54) is 0 Å². The topological polar surface area (TPSA) is 85.5 Å². The van der Waals surface area contributed by atoms with E-state index in [0.29, 0.717) is 18.1 Å². The normalized spacial score (nSPS) is 13.3. The molecule has 0 spiro atoms. The van der Waals surface area contributed by atoms with E-state index in [2.05, 4.69) is 16.8 Å². The molecule has 0 aliphatic rings. The average molecular weight is 426 g/mol. The largest absolute Gasteiger partial charge is 0.497 e. The predicted molar refractivity (Wildman–Crippen MR) is 120 cm³/mol. The maximum atomic E-state index is 12.9. The number of aromatic nitrogens is 1. The summed E-state index contributed by atoms with van der Waals surface area (Å²) >= 11 is 0. The number of carbonyl (C=O) groups is 1. The lowest BCUT2D eigenvalue weighted by Gasteiger charge is -2.18. The van der Waals surface area contributed by atoms with Crippen molar-refractivity contribution < 1.29 is 19.0 Å². The van der Waals surface area contributed by atoms with E-state index in [1.807, 2.05) is 39.0 Å². The van der Waals surface area contributed by atoms with Gasteiger partial charge in [0.05, 0.1) is 32.9 Å². The monoisotopic (exact) mass is 425 g/mol. The van der Waals surface area contributed by atoms with Gasteiger partial charge in [0.15, 0.2) is 0 Å². The second kappa shape index (κ2) is 10.7. The van der Waals surface area contributed by atoms with Crippen molar-refractivity contribution in [1.82, 2.24) is 9.88 Å². The number of nitrogens with one attached hydrogen (secondary N) is 1. The molecule has 7 heteroatoms. The van der Waals surface area contributed by atoms with Gasteiger partial charge in [-0.15, -0.1) is 0 Å². The van der Waals surface area contributed by atoms with Crippen LogP contribution >= 0.6 is 0 Å². The minimum Gasteiger partial charge on any atom is -0.497 e. The number of nitrogens with zero attached hydrogens (tertiary/aromatic N) is 2. The lowest BCUT2D eigenvalue weighted by molar-refractivity contribution is -0.117. The first kappa shape index (κ1) is 24.0. The Labute approximate surface area is 184 Å². The van der Waals surface area contributed by atoms with E-state index in [-0.39, 0.29) is 17.7 Å². The fourth-order valence-corrected chi connectivity index (χ4v) is 3.78. The molecule has 1 amide bonds. The summed E-state index contributed by atoms with van der Waals surface area (Å²) in [5.74, 6) is 0.840. The highest BCUT2D eigenvalue weighted by Crippen LogP contribution is 2.29. The number of aryl methyl sites for hydroxylation is 1. The molecule has 0 saturated carbocycles. The van der Waals surface area contributed by atoms with Crippen molar-refractivity contribution in [3.63, 3.8) is 0 Å². The third kappa shape index (κ3) is 5.47. The fraction of sp³-hybridized carbons (Fsp3) is 0.417. The number of amides is 1. The molecule has 0 radical (unpaired) electrons.